The summed E-state index contributed by atoms with van der Waals surface area (Å²) >= 11 is 0. The summed E-state index contributed by atoms with van der Waals surface area (Å²) in [6.45, 7) is -0.621. The van der Waals surface area contributed by atoms with Crippen LogP contribution in [0.1, 0.15) is 0 Å². The molecule has 0 radical (unpaired) electrons. The van der Waals surface area contributed by atoms with Crippen LogP contribution in [0.25, 0.3) is 11.2 Å². The Morgan fingerprint density at radius 1 is 1.32 bits per heavy atom. The number of aliphatic hydroxyl groups excluding tert-OH is 1. The largest absolute Gasteiger partial charge is 0.491 e. The van der Waals surface area contributed by atoms with Gasteiger partial charge in [0.25, 0.3) is 5.56 Å². The fourth-order valence-electron chi connectivity index (χ4n) is 2.67. The van der Waals surface area contributed by atoms with E-state index < -0.39 is 29.9 Å². The number of nitrogens with one attached hydrogen (secondary N) is 2. The van der Waals surface area contributed by atoms with Gasteiger partial charge in [-0.05, 0) is 12.1 Å². The van der Waals surface area contributed by atoms with Crippen molar-refractivity contribution in [2.24, 2.45) is 7.05 Å². The van der Waals surface area contributed by atoms with Gasteiger partial charge in [0.05, 0.1) is 6.54 Å². The van der Waals surface area contributed by atoms with Crippen LogP contribution in [0.15, 0.2) is 39.9 Å². The number of hydrogen-bond donors (Lipinski definition) is 4. The molecule has 3 rings (SSSR count). The lowest BCUT2D eigenvalue weighted by molar-refractivity contribution is -0.134. The summed E-state index contributed by atoms with van der Waals surface area (Å²) in [5, 5.41) is 21.8. The number of aryl methyl sites for hydroxylation is 1. The van der Waals surface area contributed by atoms with Crippen LogP contribution in [0.3, 0.4) is 0 Å². The molecular weight excluding hydrogens is 370 g/mol. The molecule has 11 heteroatoms. The van der Waals surface area contributed by atoms with Gasteiger partial charge >= 0.3 is 11.7 Å². The molecule has 2 heterocycles. The summed E-state index contributed by atoms with van der Waals surface area (Å²) in [5.74, 6) is -0.515. The zero-order chi connectivity index (χ0) is 20.3. The number of imidazole rings is 1. The molecule has 0 aliphatic carbocycles. The van der Waals surface area contributed by atoms with E-state index in [1.54, 1.807) is 24.3 Å². The summed E-state index contributed by atoms with van der Waals surface area (Å²) in [5.41, 5.74) is -1.24. The van der Waals surface area contributed by atoms with Crippen LogP contribution in [-0.4, -0.2) is 54.5 Å². The molecule has 11 nitrogen and oxygen atoms in total. The minimum absolute atomic E-state index is 0.0359. The van der Waals surface area contributed by atoms with Crippen LogP contribution in [0.5, 0.6) is 5.75 Å². The predicted octanol–water partition coefficient (Wildman–Crippen LogP) is -0.640. The van der Waals surface area contributed by atoms with E-state index in [1.165, 1.54) is 11.6 Å². The Bertz CT molecular complexity index is 1100. The summed E-state index contributed by atoms with van der Waals surface area (Å²) < 4.78 is 7.96. The van der Waals surface area contributed by atoms with Crippen LogP contribution in [0.4, 0.5) is 5.95 Å². The Morgan fingerprint density at radius 3 is 2.71 bits per heavy atom. The van der Waals surface area contributed by atoms with Crippen LogP contribution in [0.2, 0.25) is 0 Å². The highest BCUT2D eigenvalue weighted by molar-refractivity contribution is 5.76. The topological polar surface area (TPSA) is 151 Å². The Morgan fingerprint density at radius 2 is 2.04 bits per heavy atom. The number of aromatic amines is 1. The quantitative estimate of drug-likeness (QED) is 0.397. The SMILES string of the molecule is Cn1c(=O)[nH]c(=O)c2c1nc(NCC(=O)O)n2CC(O)COc1ccccc1. The second kappa shape index (κ2) is 7.96. The molecule has 0 saturated heterocycles. The number of para-hydroxylation sites is 1. The molecule has 0 saturated carbocycles. The first-order valence-corrected chi connectivity index (χ1v) is 8.38. The molecule has 0 fully saturated rings. The first-order chi connectivity index (χ1) is 13.4. The van der Waals surface area contributed by atoms with E-state index in [9.17, 15) is 19.5 Å². The highest BCUT2D eigenvalue weighted by atomic mass is 16.5. The fraction of sp³-hybridized carbons (Fsp3) is 0.294. The molecule has 148 valence electrons. The van der Waals surface area contributed by atoms with Gasteiger partial charge in [0.15, 0.2) is 11.2 Å². The maximum absolute atomic E-state index is 12.3. The number of anilines is 1. The van der Waals surface area contributed by atoms with Crippen LogP contribution in [0, 0.1) is 0 Å². The van der Waals surface area contributed by atoms with E-state index in [0.717, 1.165) is 4.57 Å². The van der Waals surface area contributed by atoms with Crippen LogP contribution < -0.4 is 21.3 Å². The second-order valence-electron chi connectivity index (χ2n) is 6.06. The molecular formula is C17H19N5O6. The molecule has 0 spiro atoms. The first kappa shape index (κ1) is 19.2. The maximum Gasteiger partial charge on any atom is 0.329 e. The molecule has 4 N–H and O–H groups in total. The van der Waals surface area contributed by atoms with Crippen molar-refractivity contribution in [1.29, 1.82) is 0 Å². The summed E-state index contributed by atoms with van der Waals surface area (Å²) in [6.07, 6.45) is -1.03. The summed E-state index contributed by atoms with van der Waals surface area (Å²) in [7, 11) is 1.42. The highest BCUT2D eigenvalue weighted by Gasteiger charge is 2.20. The molecule has 0 bridgehead atoms. The summed E-state index contributed by atoms with van der Waals surface area (Å²) in [6, 6.07) is 8.88. The van der Waals surface area contributed by atoms with Gasteiger partial charge in [0, 0.05) is 7.05 Å². The Balaban J connectivity index is 1.91. The smallest absolute Gasteiger partial charge is 0.329 e. The number of aromatic nitrogens is 4. The van der Waals surface area contributed by atoms with E-state index in [2.05, 4.69) is 15.3 Å². The van der Waals surface area contributed by atoms with Gasteiger partial charge in [-0.2, -0.15) is 4.98 Å². The highest BCUT2D eigenvalue weighted by Crippen LogP contribution is 2.16. The van der Waals surface area contributed by atoms with Gasteiger partial charge in [-0.3, -0.25) is 19.1 Å². The van der Waals surface area contributed by atoms with Crippen molar-refractivity contribution < 1.29 is 19.7 Å². The van der Waals surface area contributed by atoms with E-state index in [-0.39, 0.29) is 30.3 Å². The molecule has 28 heavy (non-hydrogen) atoms. The number of aliphatic carboxylic acids is 1. The normalized spacial score (nSPS) is 12.1. The number of carboxylic acids is 1. The third-order valence-electron chi connectivity index (χ3n) is 3.98. The zero-order valence-corrected chi connectivity index (χ0v) is 15.0. The van der Waals surface area contributed by atoms with Crippen molar-refractivity contribution in [2.75, 3.05) is 18.5 Å². The Hall–Kier alpha value is -3.60. The van der Waals surface area contributed by atoms with Crippen LogP contribution in [-0.2, 0) is 18.4 Å². The molecule has 1 atom stereocenters. The van der Waals surface area contributed by atoms with Crippen LogP contribution >= 0.6 is 0 Å². The third kappa shape index (κ3) is 4.04. The van der Waals surface area contributed by atoms with Crippen molar-refractivity contribution in [3.8, 4) is 5.75 Å². The zero-order valence-electron chi connectivity index (χ0n) is 15.0. The van der Waals surface area contributed by atoms with Crippen molar-refractivity contribution in [1.82, 2.24) is 19.1 Å². The Kier molecular flexibility index (Phi) is 5.45. The van der Waals surface area contributed by atoms with Gasteiger partial charge in [-0.15, -0.1) is 0 Å². The minimum Gasteiger partial charge on any atom is -0.491 e. The molecule has 3 aromatic rings. The van der Waals surface area contributed by atoms with Gasteiger partial charge in [-0.25, -0.2) is 4.79 Å². The first-order valence-electron chi connectivity index (χ1n) is 8.38. The van der Waals surface area contributed by atoms with Crippen molar-refractivity contribution in [2.45, 2.75) is 12.6 Å². The lowest BCUT2D eigenvalue weighted by atomic mass is 10.3. The predicted molar refractivity (Wildman–Crippen MR) is 99.7 cm³/mol. The number of aliphatic hydroxyl groups is 1. The summed E-state index contributed by atoms with van der Waals surface area (Å²) in [4.78, 5) is 41.3. The number of ether oxygens (including phenoxy) is 1. The van der Waals surface area contributed by atoms with Crippen molar-refractivity contribution in [3.63, 3.8) is 0 Å². The lowest BCUT2D eigenvalue weighted by Gasteiger charge is -2.15. The number of H-pyrrole nitrogens is 1. The number of nitrogens with zero attached hydrogens (tertiary/aromatic N) is 3. The average molecular weight is 389 g/mol. The van der Waals surface area contributed by atoms with Gasteiger partial charge in [-0.1, -0.05) is 18.2 Å². The second-order valence-corrected chi connectivity index (χ2v) is 6.06. The van der Waals surface area contributed by atoms with E-state index in [1.807, 2.05) is 6.07 Å². The third-order valence-corrected chi connectivity index (χ3v) is 3.98. The monoisotopic (exact) mass is 389 g/mol. The number of fused-ring (bicyclic) bond motifs is 1. The van der Waals surface area contributed by atoms with Gasteiger partial charge in [0.2, 0.25) is 5.95 Å². The van der Waals surface area contributed by atoms with E-state index in [0.29, 0.717) is 5.75 Å². The standard InChI is InChI=1S/C17H19N5O6/c1-21-14-13(15(26)20-17(21)27)22(16(19-14)18-7-12(24)25)8-10(23)9-28-11-5-3-2-4-6-11/h2-6,10,23H,7-9H2,1H3,(H,18,19)(H,24,25)(H,20,26,27). The van der Waals surface area contributed by atoms with E-state index in [4.69, 9.17) is 9.84 Å². The molecule has 0 aliphatic rings. The number of benzene rings is 1. The molecule has 0 amide bonds. The molecule has 1 unspecified atom stereocenters. The van der Waals surface area contributed by atoms with Crippen molar-refractivity contribution >= 4 is 23.1 Å². The number of carbonyl (C=O) groups is 1. The number of carboxylic acid groups (broad SMARTS) is 1. The van der Waals surface area contributed by atoms with Gasteiger partial charge in [0.1, 0.15) is 25.0 Å². The molecule has 0 aliphatic heterocycles. The lowest BCUT2D eigenvalue weighted by Crippen LogP contribution is -2.31. The fourth-order valence-corrected chi connectivity index (χ4v) is 2.67. The molecule has 2 aromatic heterocycles. The minimum atomic E-state index is -1.13. The van der Waals surface area contributed by atoms with E-state index >= 15 is 0 Å². The molecule has 1 aromatic carbocycles. The van der Waals surface area contributed by atoms with Gasteiger partial charge < -0.3 is 24.8 Å². The maximum atomic E-state index is 12.3. The van der Waals surface area contributed by atoms with Crippen molar-refractivity contribution in [3.05, 3.63) is 51.2 Å². The number of rotatable bonds is 8. The average Bonchev–Trinajstić information content (AvgIpc) is 3.02. The number of hydrogen-bond acceptors (Lipinski definition) is 7. The Labute approximate surface area is 157 Å².